The minimum atomic E-state index is 0.531. The number of aromatic nitrogens is 5. The molecule has 0 aliphatic rings. The molecule has 8 heteroatoms. The highest BCUT2D eigenvalue weighted by Crippen LogP contribution is 2.27. The molecule has 0 atom stereocenters. The minimum absolute atomic E-state index is 0.531. The lowest BCUT2D eigenvalue weighted by Gasteiger charge is -2.00. The average molecular weight is 355 g/mol. The van der Waals surface area contributed by atoms with E-state index >= 15 is 0 Å². The van der Waals surface area contributed by atoms with Crippen molar-refractivity contribution in [2.75, 3.05) is 0 Å². The molecule has 0 saturated carbocycles. The van der Waals surface area contributed by atoms with Gasteiger partial charge in [0, 0.05) is 12.6 Å². The van der Waals surface area contributed by atoms with Gasteiger partial charge in [0.25, 0.3) is 5.89 Å². The van der Waals surface area contributed by atoms with Crippen LogP contribution in [0.2, 0.25) is 0 Å². The fraction of sp³-hybridized carbons (Fsp3) is 0.125. The molecule has 3 heterocycles. The Morgan fingerprint density at radius 2 is 2.00 bits per heavy atom. The zero-order chi connectivity index (χ0) is 16.4. The van der Waals surface area contributed by atoms with Gasteiger partial charge in [-0.15, -0.1) is 21.5 Å². The Kier molecular flexibility index (Phi) is 4.14. The Bertz CT molecular complexity index is 931. The summed E-state index contributed by atoms with van der Waals surface area (Å²) in [5, 5.41) is 15.4. The monoisotopic (exact) mass is 355 g/mol. The summed E-state index contributed by atoms with van der Waals surface area (Å²) in [6, 6.07) is 13.8. The molecular weight excluding hydrogens is 342 g/mol. The van der Waals surface area contributed by atoms with Crippen LogP contribution < -0.4 is 0 Å². The molecular formula is C16H13N5OS2. The predicted molar refractivity (Wildman–Crippen MR) is 93.6 cm³/mol. The Labute approximate surface area is 146 Å². The van der Waals surface area contributed by atoms with Gasteiger partial charge in [0.15, 0.2) is 16.8 Å². The molecule has 120 valence electrons. The summed E-state index contributed by atoms with van der Waals surface area (Å²) in [5.74, 6) is 2.61. The van der Waals surface area contributed by atoms with E-state index in [2.05, 4.69) is 20.3 Å². The first kappa shape index (κ1) is 15.1. The largest absolute Gasteiger partial charge is 0.334 e. The highest BCUT2D eigenvalue weighted by atomic mass is 32.2. The van der Waals surface area contributed by atoms with Crippen molar-refractivity contribution in [1.29, 1.82) is 0 Å². The van der Waals surface area contributed by atoms with Crippen LogP contribution in [0.1, 0.15) is 5.82 Å². The number of thiophene rings is 1. The number of benzene rings is 1. The van der Waals surface area contributed by atoms with E-state index in [1.54, 1.807) is 11.3 Å². The number of hydrogen-bond acceptors (Lipinski definition) is 7. The molecule has 24 heavy (non-hydrogen) atoms. The molecule has 0 N–H and O–H groups in total. The van der Waals surface area contributed by atoms with Crippen LogP contribution in [0, 0.1) is 0 Å². The summed E-state index contributed by atoms with van der Waals surface area (Å²) < 4.78 is 7.30. The molecule has 0 fully saturated rings. The second-order valence-electron chi connectivity index (χ2n) is 5.01. The van der Waals surface area contributed by atoms with Gasteiger partial charge in [-0.2, -0.15) is 4.98 Å². The summed E-state index contributed by atoms with van der Waals surface area (Å²) >= 11 is 3.18. The van der Waals surface area contributed by atoms with Crippen LogP contribution in [0.5, 0.6) is 0 Å². The first-order chi connectivity index (χ1) is 11.8. The van der Waals surface area contributed by atoms with Crippen molar-refractivity contribution in [2.24, 2.45) is 7.05 Å². The van der Waals surface area contributed by atoms with Gasteiger partial charge in [-0.3, -0.25) is 0 Å². The maximum absolute atomic E-state index is 5.32. The third-order valence-electron chi connectivity index (χ3n) is 3.40. The first-order valence-corrected chi connectivity index (χ1v) is 9.12. The van der Waals surface area contributed by atoms with Crippen molar-refractivity contribution in [1.82, 2.24) is 24.9 Å². The summed E-state index contributed by atoms with van der Waals surface area (Å²) in [4.78, 5) is 5.53. The number of rotatable bonds is 5. The predicted octanol–water partition coefficient (Wildman–Crippen LogP) is 3.89. The van der Waals surface area contributed by atoms with Crippen molar-refractivity contribution in [3.8, 4) is 22.2 Å². The topological polar surface area (TPSA) is 69.6 Å². The van der Waals surface area contributed by atoms with Gasteiger partial charge in [-0.05, 0) is 23.6 Å². The van der Waals surface area contributed by atoms with Gasteiger partial charge in [0.05, 0.1) is 10.6 Å². The summed E-state index contributed by atoms with van der Waals surface area (Å²) in [5.41, 5.74) is 0.917. The smallest absolute Gasteiger partial charge is 0.257 e. The van der Waals surface area contributed by atoms with Crippen molar-refractivity contribution >= 4 is 23.1 Å². The van der Waals surface area contributed by atoms with Gasteiger partial charge >= 0.3 is 0 Å². The lowest BCUT2D eigenvalue weighted by molar-refractivity contribution is 0.425. The summed E-state index contributed by atoms with van der Waals surface area (Å²) in [6.07, 6.45) is 0. The minimum Gasteiger partial charge on any atom is -0.334 e. The molecule has 6 nitrogen and oxygen atoms in total. The molecule has 3 aromatic heterocycles. The van der Waals surface area contributed by atoms with Crippen molar-refractivity contribution in [3.05, 3.63) is 53.7 Å². The molecule has 1 aromatic carbocycles. The highest BCUT2D eigenvalue weighted by Gasteiger charge is 2.14. The highest BCUT2D eigenvalue weighted by molar-refractivity contribution is 7.98. The SMILES string of the molecule is Cn1c(SCc2noc(-c3ccccc3)n2)nnc1-c1cccs1. The normalized spacial score (nSPS) is 11.0. The number of thioether (sulfide) groups is 1. The Morgan fingerprint density at radius 3 is 2.79 bits per heavy atom. The first-order valence-electron chi connectivity index (χ1n) is 7.25. The van der Waals surface area contributed by atoms with E-state index in [4.69, 9.17) is 4.52 Å². The van der Waals surface area contributed by atoms with E-state index in [0.29, 0.717) is 17.5 Å². The second kappa shape index (κ2) is 6.58. The standard InChI is InChI=1S/C16H13N5OS2/c1-21-14(12-8-5-9-23-12)18-19-16(21)24-10-13-17-15(22-20-13)11-6-3-2-4-7-11/h2-9H,10H2,1H3. The molecule has 0 amide bonds. The van der Waals surface area contributed by atoms with Gasteiger partial charge in [0.2, 0.25) is 0 Å². The zero-order valence-electron chi connectivity index (χ0n) is 12.8. The quantitative estimate of drug-likeness (QED) is 0.506. The van der Waals surface area contributed by atoms with E-state index in [-0.39, 0.29) is 0 Å². The van der Waals surface area contributed by atoms with Gasteiger partial charge in [-0.25, -0.2) is 0 Å². The van der Waals surface area contributed by atoms with Gasteiger partial charge in [0.1, 0.15) is 0 Å². The number of hydrogen-bond donors (Lipinski definition) is 0. The van der Waals surface area contributed by atoms with Crippen molar-refractivity contribution in [3.63, 3.8) is 0 Å². The Morgan fingerprint density at radius 1 is 1.12 bits per heavy atom. The number of nitrogens with zero attached hydrogens (tertiary/aromatic N) is 5. The molecule has 0 spiro atoms. The van der Waals surface area contributed by atoms with E-state index in [1.807, 2.05) is 59.5 Å². The van der Waals surface area contributed by atoms with Crippen LogP contribution in [0.15, 0.2) is 57.5 Å². The van der Waals surface area contributed by atoms with Crippen LogP contribution in [0.25, 0.3) is 22.2 Å². The molecule has 0 aliphatic heterocycles. The van der Waals surface area contributed by atoms with E-state index in [0.717, 1.165) is 21.4 Å². The van der Waals surface area contributed by atoms with Crippen LogP contribution in [-0.2, 0) is 12.8 Å². The fourth-order valence-electron chi connectivity index (χ4n) is 2.20. The third kappa shape index (κ3) is 2.98. The van der Waals surface area contributed by atoms with Crippen LogP contribution in [0.4, 0.5) is 0 Å². The van der Waals surface area contributed by atoms with E-state index in [1.165, 1.54) is 11.8 Å². The van der Waals surface area contributed by atoms with Crippen molar-refractivity contribution < 1.29 is 4.52 Å². The molecule has 4 rings (SSSR count). The van der Waals surface area contributed by atoms with Crippen LogP contribution in [0.3, 0.4) is 0 Å². The Balaban J connectivity index is 1.47. The maximum atomic E-state index is 5.32. The van der Waals surface area contributed by atoms with Crippen LogP contribution in [-0.4, -0.2) is 24.9 Å². The van der Waals surface area contributed by atoms with Crippen molar-refractivity contribution in [2.45, 2.75) is 10.9 Å². The summed E-state index contributed by atoms with van der Waals surface area (Å²) in [7, 11) is 1.96. The van der Waals surface area contributed by atoms with Crippen LogP contribution >= 0.6 is 23.1 Å². The van der Waals surface area contributed by atoms with Gasteiger partial charge < -0.3 is 9.09 Å². The molecule has 0 bridgehead atoms. The average Bonchev–Trinajstić information content (AvgIpc) is 3.35. The summed E-state index contributed by atoms with van der Waals surface area (Å²) in [6.45, 7) is 0. The van der Waals surface area contributed by atoms with Gasteiger partial charge in [-0.1, -0.05) is 41.2 Å². The molecule has 0 unspecified atom stereocenters. The lowest BCUT2D eigenvalue weighted by Crippen LogP contribution is -1.94. The molecule has 0 saturated heterocycles. The third-order valence-corrected chi connectivity index (χ3v) is 5.28. The van der Waals surface area contributed by atoms with E-state index < -0.39 is 0 Å². The molecule has 0 aliphatic carbocycles. The Hall–Kier alpha value is -2.45. The fourth-order valence-corrected chi connectivity index (χ4v) is 3.70. The molecule has 4 aromatic rings. The lowest BCUT2D eigenvalue weighted by atomic mass is 10.2. The second-order valence-corrected chi connectivity index (χ2v) is 6.90. The zero-order valence-corrected chi connectivity index (χ0v) is 14.4. The maximum Gasteiger partial charge on any atom is 0.257 e. The van der Waals surface area contributed by atoms with E-state index in [9.17, 15) is 0 Å². The molecule has 0 radical (unpaired) electrons.